The molecule has 0 saturated heterocycles. The summed E-state index contributed by atoms with van der Waals surface area (Å²) >= 11 is 0. The van der Waals surface area contributed by atoms with Crippen LogP contribution in [0.5, 0.6) is 0 Å². The van der Waals surface area contributed by atoms with Crippen molar-refractivity contribution in [3.05, 3.63) is 22.9 Å². The predicted octanol–water partition coefficient (Wildman–Crippen LogP) is 1.75. The smallest absolute Gasteiger partial charge is 0.158 e. The van der Waals surface area contributed by atoms with E-state index in [1.807, 2.05) is 6.07 Å². The van der Waals surface area contributed by atoms with E-state index in [-0.39, 0.29) is 0 Å². The van der Waals surface area contributed by atoms with Gasteiger partial charge in [-0.1, -0.05) is 20.3 Å². The average Bonchev–Trinajstić information content (AvgIpc) is 2.28. The zero-order chi connectivity index (χ0) is 11.3. The molecule has 4 nitrogen and oxygen atoms in total. The number of nitrogens with one attached hydrogen (secondary N) is 1. The summed E-state index contributed by atoms with van der Waals surface area (Å²) in [7, 11) is 0. The fourth-order valence-corrected chi connectivity index (χ4v) is 1.55. The van der Waals surface area contributed by atoms with Gasteiger partial charge in [0.2, 0.25) is 0 Å². The maximum atomic E-state index is 8.90. The second kappa shape index (κ2) is 5.32. The van der Waals surface area contributed by atoms with Gasteiger partial charge < -0.3 is 5.43 Å². The summed E-state index contributed by atoms with van der Waals surface area (Å²) < 4.78 is 0. The lowest BCUT2D eigenvalue weighted by Crippen LogP contribution is -2.12. The van der Waals surface area contributed by atoms with E-state index in [1.54, 1.807) is 0 Å². The Kier molecular flexibility index (Phi) is 4.07. The number of hydrogen-bond acceptors (Lipinski definition) is 4. The highest BCUT2D eigenvalue weighted by molar-refractivity contribution is 5.53. The molecule has 0 bridgehead atoms. The van der Waals surface area contributed by atoms with Gasteiger partial charge in [0.25, 0.3) is 0 Å². The van der Waals surface area contributed by atoms with Gasteiger partial charge in [-0.05, 0) is 24.5 Å². The van der Waals surface area contributed by atoms with Crippen LogP contribution in [0.4, 0.5) is 5.82 Å². The Morgan fingerprint density at radius 3 is 2.73 bits per heavy atom. The van der Waals surface area contributed by atoms with Crippen molar-refractivity contribution in [3.63, 3.8) is 0 Å². The molecule has 0 radical (unpaired) electrons. The van der Waals surface area contributed by atoms with Gasteiger partial charge in [0.05, 0.1) is 5.56 Å². The van der Waals surface area contributed by atoms with Gasteiger partial charge in [0, 0.05) is 5.69 Å². The van der Waals surface area contributed by atoms with E-state index in [2.05, 4.69) is 30.3 Å². The highest BCUT2D eigenvalue weighted by atomic mass is 15.2. The van der Waals surface area contributed by atoms with Gasteiger partial charge in [0.15, 0.2) is 5.82 Å². The third-order valence-electron chi connectivity index (χ3n) is 2.32. The monoisotopic (exact) mass is 204 g/mol. The first kappa shape index (κ1) is 11.5. The molecule has 1 aromatic heterocycles. The van der Waals surface area contributed by atoms with Crippen molar-refractivity contribution in [3.8, 4) is 6.07 Å². The summed E-state index contributed by atoms with van der Waals surface area (Å²) in [6, 6.07) is 3.95. The summed E-state index contributed by atoms with van der Waals surface area (Å²) in [4.78, 5) is 4.36. The normalized spacial score (nSPS) is 9.73. The van der Waals surface area contributed by atoms with Gasteiger partial charge in [-0.3, -0.25) is 0 Å². The second-order valence-corrected chi connectivity index (χ2v) is 3.35. The minimum Gasteiger partial charge on any atom is -0.307 e. The van der Waals surface area contributed by atoms with E-state index < -0.39 is 0 Å². The Bertz CT molecular complexity index is 379. The molecule has 0 aliphatic heterocycles. The number of nitriles is 1. The first-order chi connectivity index (χ1) is 7.26. The van der Waals surface area contributed by atoms with E-state index in [9.17, 15) is 0 Å². The van der Waals surface area contributed by atoms with Crippen LogP contribution in [0.15, 0.2) is 6.07 Å². The standard InChI is InChI=1S/C11H16N4/c1-3-5-10-8(4-2)6-9(7-12)11(14-10)15-13/h6H,3-5,13H2,1-2H3,(H,14,15). The molecule has 0 unspecified atom stereocenters. The van der Waals surface area contributed by atoms with Crippen molar-refractivity contribution in [1.82, 2.24) is 4.98 Å². The SMILES string of the molecule is CCCc1nc(NN)c(C#N)cc1CC. The summed E-state index contributed by atoms with van der Waals surface area (Å²) in [6.07, 6.45) is 2.85. The second-order valence-electron chi connectivity index (χ2n) is 3.35. The Morgan fingerprint density at radius 1 is 1.53 bits per heavy atom. The van der Waals surface area contributed by atoms with Crippen LogP contribution >= 0.6 is 0 Å². The third-order valence-corrected chi connectivity index (χ3v) is 2.32. The minimum absolute atomic E-state index is 0.471. The fourth-order valence-electron chi connectivity index (χ4n) is 1.55. The molecule has 80 valence electrons. The quantitative estimate of drug-likeness (QED) is 0.578. The van der Waals surface area contributed by atoms with Gasteiger partial charge in [-0.15, -0.1) is 0 Å². The van der Waals surface area contributed by atoms with Crippen molar-refractivity contribution in [2.75, 3.05) is 5.43 Å². The van der Waals surface area contributed by atoms with Crippen molar-refractivity contribution >= 4 is 5.82 Å². The van der Waals surface area contributed by atoms with Gasteiger partial charge >= 0.3 is 0 Å². The zero-order valence-corrected chi connectivity index (χ0v) is 9.17. The lowest BCUT2D eigenvalue weighted by atomic mass is 10.0. The largest absolute Gasteiger partial charge is 0.307 e. The molecule has 0 saturated carbocycles. The number of aryl methyl sites for hydroxylation is 2. The van der Waals surface area contributed by atoms with E-state index in [4.69, 9.17) is 11.1 Å². The number of pyridine rings is 1. The number of anilines is 1. The first-order valence-electron chi connectivity index (χ1n) is 5.16. The van der Waals surface area contributed by atoms with Crippen molar-refractivity contribution in [2.24, 2.45) is 5.84 Å². The van der Waals surface area contributed by atoms with Crippen molar-refractivity contribution < 1.29 is 0 Å². The Hall–Kier alpha value is -1.60. The highest BCUT2D eigenvalue weighted by Crippen LogP contribution is 2.18. The summed E-state index contributed by atoms with van der Waals surface area (Å²) in [5.74, 6) is 5.79. The topological polar surface area (TPSA) is 74.7 Å². The number of nitrogens with two attached hydrogens (primary N) is 1. The Morgan fingerprint density at radius 2 is 2.27 bits per heavy atom. The molecule has 0 aromatic carbocycles. The summed E-state index contributed by atoms with van der Waals surface area (Å²) in [5.41, 5.74) is 5.14. The summed E-state index contributed by atoms with van der Waals surface area (Å²) in [6.45, 7) is 4.17. The van der Waals surface area contributed by atoms with E-state index in [1.165, 1.54) is 0 Å². The number of aromatic nitrogens is 1. The van der Waals surface area contributed by atoms with Crippen LogP contribution in [-0.2, 0) is 12.8 Å². The molecular weight excluding hydrogens is 188 g/mol. The van der Waals surface area contributed by atoms with E-state index in [0.717, 1.165) is 30.5 Å². The first-order valence-corrected chi connectivity index (χ1v) is 5.16. The molecule has 0 atom stereocenters. The molecule has 0 aliphatic rings. The molecule has 15 heavy (non-hydrogen) atoms. The van der Waals surface area contributed by atoms with Crippen LogP contribution in [0.1, 0.15) is 37.1 Å². The van der Waals surface area contributed by atoms with E-state index >= 15 is 0 Å². The number of hydrogen-bond donors (Lipinski definition) is 2. The van der Waals surface area contributed by atoms with Crippen molar-refractivity contribution in [2.45, 2.75) is 33.1 Å². The summed E-state index contributed by atoms with van der Waals surface area (Å²) in [5, 5.41) is 8.90. The number of hydrazine groups is 1. The highest BCUT2D eigenvalue weighted by Gasteiger charge is 2.08. The van der Waals surface area contributed by atoms with Gasteiger partial charge in [0.1, 0.15) is 6.07 Å². The van der Waals surface area contributed by atoms with Crippen molar-refractivity contribution in [1.29, 1.82) is 5.26 Å². The van der Waals surface area contributed by atoms with Gasteiger partial charge in [-0.25, -0.2) is 10.8 Å². The molecule has 0 spiro atoms. The lowest BCUT2D eigenvalue weighted by molar-refractivity contribution is 0.856. The third kappa shape index (κ3) is 2.45. The average molecular weight is 204 g/mol. The van der Waals surface area contributed by atoms with Crippen LogP contribution in [0.3, 0.4) is 0 Å². The molecule has 1 aromatic rings. The van der Waals surface area contributed by atoms with E-state index in [0.29, 0.717) is 11.4 Å². The number of nitrogen functional groups attached to an aromatic ring is 1. The molecule has 3 N–H and O–H groups in total. The van der Waals surface area contributed by atoms with Crippen LogP contribution in [-0.4, -0.2) is 4.98 Å². The number of nitrogens with zero attached hydrogens (tertiary/aromatic N) is 2. The molecule has 0 fully saturated rings. The maximum absolute atomic E-state index is 8.90. The molecule has 0 amide bonds. The van der Waals surface area contributed by atoms with Gasteiger partial charge in [-0.2, -0.15) is 5.26 Å². The zero-order valence-electron chi connectivity index (χ0n) is 9.17. The fraction of sp³-hybridized carbons (Fsp3) is 0.455. The molecule has 1 heterocycles. The minimum atomic E-state index is 0.471. The molecule has 1 rings (SSSR count). The molecule has 4 heteroatoms. The predicted molar refractivity (Wildman–Crippen MR) is 60.1 cm³/mol. The molecule has 0 aliphatic carbocycles. The number of rotatable bonds is 4. The lowest BCUT2D eigenvalue weighted by Gasteiger charge is -2.10. The maximum Gasteiger partial charge on any atom is 0.158 e. The Balaban J connectivity index is 3.22. The van der Waals surface area contributed by atoms with Crippen LogP contribution in [0.25, 0.3) is 0 Å². The Labute approximate surface area is 90.1 Å². The van der Waals surface area contributed by atoms with Crippen LogP contribution in [0, 0.1) is 11.3 Å². The molecular formula is C11H16N4. The van der Waals surface area contributed by atoms with Crippen LogP contribution in [0.2, 0.25) is 0 Å². The van der Waals surface area contributed by atoms with Crippen LogP contribution < -0.4 is 11.3 Å².